The Bertz CT molecular complexity index is 485. The minimum atomic E-state index is -0.203. The SMILES string of the molecule is COCCNC(=O)CN(C)c1cc(N)nc(C(C)(C)C)n1. The first-order valence-electron chi connectivity index (χ1n) is 6.86. The summed E-state index contributed by atoms with van der Waals surface area (Å²) < 4.78 is 4.89. The zero-order chi connectivity index (χ0) is 16.0. The predicted octanol–water partition coefficient (Wildman–Crippen LogP) is 0.555. The van der Waals surface area contributed by atoms with E-state index in [0.717, 1.165) is 0 Å². The number of nitrogen functional groups attached to an aromatic ring is 1. The number of anilines is 2. The lowest BCUT2D eigenvalue weighted by Gasteiger charge is -2.22. The molecular weight excluding hydrogens is 270 g/mol. The highest BCUT2D eigenvalue weighted by molar-refractivity contribution is 5.80. The predicted molar refractivity (Wildman–Crippen MR) is 83.3 cm³/mol. The average molecular weight is 295 g/mol. The number of carbonyl (C=O) groups is 1. The van der Waals surface area contributed by atoms with Crippen molar-refractivity contribution in [2.45, 2.75) is 26.2 Å². The molecule has 0 aliphatic heterocycles. The molecule has 7 heteroatoms. The van der Waals surface area contributed by atoms with Crippen LogP contribution in [0.4, 0.5) is 11.6 Å². The molecule has 21 heavy (non-hydrogen) atoms. The third-order valence-corrected chi connectivity index (χ3v) is 2.80. The number of carbonyl (C=O) groups excluding carboxylic acids is 1. The maximum absolute atomic E-state index is 11.8. The summed E-state index contributed by atoms with van der Waals surface area (Å²) in [6.07, 6.45) is 0. The van der Waals surface area contributed by atoms with Crippen LogP contribution >= 0.6 is 0 Å². The summed E-state index contributed by atoms with van der Waals surface area (Å²) in [5.74, 6) is 1.60. The van der Waals surface area contributed by atoms with Crippen LogP contribution in [0.2, 0.25) is 0 Å². The zero-order valence-electron chi connectivity index (χ0n) is 13.4. The second kappa shape index (κ2) is 7.21. The van der Waals surface area contributed by atoms with E-state index in [1.807, 2.05) is 20.8 Å². The van der Waals surface area contributed by atoms with Gasteiger partial charge in [-0.25, -0.2) is 9.97 Å². The van der Waals surface area contributed by atoms with E-state index in [1.165, 1.54) is 0 Å². The number of ether oxygens (including phenoxy) is 1. The third-order valence-electron chi connectivity index (χ3n) is 2.80. The Hall–Kier alpha value is -1.89. The van der Waals surface area contributed by atoms with Crippen LogP contribution in [0.5, 0.6) is 0 Å². The van der Waals surface area contributed by atoms with Crippen LogP contribution in [0.25, 0.3) is 0 Å². The highest BCUT2D eigenvalue weighted by Gasteiger charge is 2.20. The van der Waals surface area contributed by atoms with Gasteiger partial charge in [-0.2, -0.15) is 0 Å². The number of nitrogens with one attached hydrogen (secondary N) is 1. The van der Waals surface area contributed by atoms with Crippen molar-refractivity contribution in [2.75, 3.05) is 44.5 Å². The first-order chi connectivity index (χ1) is 9.74. The number of nitrogens with two attached hydrogens (primary N) is 1. The molecule has 0 unspecified atom stereocenters. The van der Waals surface area contributed by atoms with Gasteiger partial charge in [-0.05, 0) is 0 Å². The van der Waals surface area contributed by atoms with E-state index in [4.69, 9.17) is 10.5 Å². The monoisotopic (exact) mass is 295 g/mol. The van der Waals surface area contributed by atoms with Crippen LogP contribution in [-0.4, -0.2) is 49.7 Å². The smallest absolute Gasteiger partial charge is 0.239 e. The molecule has 0 fully saturated rings. The molecule has 0 aliphatic rings. The van der Waals surface area contributed by atoms with Crippen molar-refractivity contribution in [2.24, 2.45) is 0 Å². The molecule has 118 valence electrons. The highest BCUT2D eigenvalue weighted by atomic mass is 16.5. The lowest BCUT2D eigenvalue weighted by molar-refractivity contribution is -0.119. The Morgan fingerprint density at radius 2 is 2.10 bits per heavy atom. The fourth-order valence-corrected chi connectivity index (χ4v) is 1.63. The molecule has 0 atom stereocenters. The molecule has 1 aromatic rings. The Morgan fingerprint density at radius 3 is 2.67 bits per heavy atom. The molecule has 1 aromatic heterocycles. The molecule has 0 spiro atoms. The Balaban J connectivity index is 2.76. The van der Waals surface area contributed by atoms with Gasteiger partial charge in [-0.1, -0.05) is 20.8 Å². The van der Waals surface area contributed by atoms with Crippen molar-refractivity contribution in [1.82, 2.24) is 15.3 Å². The van der Waals surface area contributed by atoms with E-state index in [1.54, 1.807) is 25.1 Å². The summed E-state index contributed by atoms with van der Waals surface area (Å²) in [6.45, 7) is 7.23. The number of aromatic nitrogens is 2. The summed E-state index contributed by atoms with van der Waals surface area (Å²) in [5, 5.41) is 2.76. The highest BCUT2D eigenvalue weighted by Crippen LogP contribution is 2.22. The molecule has 1 rings (SSSR count). The zero-order valence-corrected chi connectivity index (χ0v) is 13.4. The van der Waals surface area contributed by atoms with Crippen molar-refractivity contribution in [1.29, 1.82) is 0 Å². The topological polar surface area (TPSA) is 93.4 Å². The van der Waals surface area contributed by atoms with Gasteiger partial charge in [0.05, 0.1) is 13.2 Å². The number of methoxy groups -OCH3 is 1. The van der Waals surface area contributed by atoms with E-state index >= 15 is 0 Å². The van der Waals surface area contributed by atoms with Crippen molar-refractivity contribution in [3.05, 3.63) is 11.9 Å². The minimum Gasteiger partial charge on any atom is -0.384 e. The number of rotatable bonds is 6. The van der Waals surface area contributed by atoms with Crippen LogP contribution in [-0.2, 0) is 14.9 Å². The van der Waals surface area contributed by atoms with E-state index in [9.17, 15) is 4.79 Å². The molecule has 0 saturated carbocycles. The molecular formula is C14H25N5O2. The number of amides is 1. The van der Waals surface area contributed by atoms with Crippen molar-refractivity contribution in [3.63, 3.8) is 0 Å². The van der Waals surface area contributed by atoms with E-state index in [0.29, 0.717) is 30.6 Å². The van der Waals surface area contributed by atoms with Gasteiger partial charge >= 0.3 is 0 Å². The van der Waals surface area contributed by atoms with Crippen LogP contribution in [0.3, 0.4) is 0 Å². The van der Waals surface area contributed by atoms with Gasteiger partial charge in [-0.3, -0.25) is 4.79 Å². The lowest BCUT2D eigenvalue weighted by Crippen LogP contribution is -2.37. The second-order valence-electron chi connectivity index (χ2n) is 5.92. The largest absolute Gasteiger partial charge is 0.384 e. The van der Waals surface area contributed by atoms with Gasteiger partial charge in [0.1, 0.15) is 17.5 Å². The molecule has 1 amide bonds. The van der Waals surface area contributed by atoms with Crippen LogP contribution < -0.4 is 16.0 Å². The number of hydrogen-bond donors (Lipinski definition) is 2. The third kappa shape index (κ3) is 5.55. The maximum Gasteiger partial charge on any atom is 0.239 e. The van der Waals surface area contributed by atoms with Gasteiger partial charge in [0.15, 0.2) is 0 Å². The van der Waals surface area contributed by atoms with E-state index in [2.05, 4.69) is 15.3 Å². The Labute approximate surface area is 125 Å². The molecule has 1 heterocycles. The molecule has 7 nitrogen and oxygen atoms in total. The normalized spacial score (nSPS) is 11.3. The molecule has 0 radical (unpaired) electrons. The summed E-state index contributed by atoms with van der Waals surface area (Å²) in [4.78, 5) is 22.3. The van der Waals surface area contributed by atoms with Gasteiger partial charge < -0.3 is 20.7 Å². The Morgan fingerprint density at radius 1 is 1.43 bits per heavy atom. The first-order valence-corrected chi connectivity index (χ1v) is 6.86. The number of hydrogen-bond acceptors (Lipinski definition) is 6. The van der Waals surface area contributed by atoms with E-state index in [-0.39, 0.29) is 17.9 Å². The van der Waals surface area contributed by atoms with Crippen molar-refractivity contribution >= 4 is 17.5 Å². The number of likely N-dealkylation sites (N-methyl/N-ethyl adjacent to an activating group) is 1. The summed E-state index contributed by atoms with van der Waals surface area (Å²) in [6, 6.07) is 1.66. The Kier molecular flexibility index (Phi) is 5.90. The quantitative estimate of drug-likeness (QED) is 0.745. The van der Waals surface area contributed by atoms with E-state index < -0.39 is 0 Å². The lowest BCUT2D eigenvalue weighted by atomic mass is 9.96. The molecule has 0 saturated heterocycles. The summed E-state index contributed by atoms with van der Waals surface area (Å²) in [5.41, 5.74) is 5.63. The van der Waals surface area contributed by atoms with Crippen LogP contribution in [0, 0.1) is 0 Å². The fraction of sp³-hybridized carbons (Fsp3) is 0.643. The summed E-state index contributed by atoms with van der Waals surface area (Å²) >= 11 is 0. The van der Waals surface area contributed by atoms with Crippen LogP contribution in [0.15, 0.2) is 6.07 Å². The molecule has 0 aromatic carbocycles. The van der Waals surface area contributed by atoms with Gasteiger partial charge in [0.25, 0.3) is 0 Å². The average Bonchev–Trinajstić information content (AvgIpc) is 2.37. The van der Waals surface area contributed by atoms with Crippen LogP contribution in [0.1, 0.15) is 26.6 Å². The number of nitrogens with zero attached hydrogens (tertiary/aromatic N) is 3. The molecule has 0 bridgehead atoms. The fourth-order valence-electron chi connectivity index (χ4n) is 1.63. The summed E-state index contributed by atoms with van der Waals surface area (Å²) in [7, 11) is 3.39. The van der Waals surface area contributed by atoms with Gasteiger partial charge in [0, 0.05) is 32.2 Å². The van der Waals surface area contributed by atoms with Gasteiger partial charge in [-0.15, -0.1) is 0 Å². The first kappa shape index (κ1) is 17.2. The minimum absolute atomic E-state index is 0.0935. The van der Waals surface area contributed by atoms with Crippen molar-refractivity contribution < 1.29 is 9.53 Å². The molecule has 3 N–H and O–H groups in total. The molecule has 0 aliphatic carbocycles. The van der Waals surface area contributed by atoms with Gasteiger partial charge in [0.2, 0.25) is 5.91 Å². The standard InChI is InChI=1S/C14H25N5O2/c1-14(2,3)13-17-10(15)8-11(18-13)19(4)9-12(20)16-6-7-21-5/h8H,6-7,9H2,1-5H3,(H,16,20)(H2,15,17,18). The maximum atomic E-state index is 11.8. The van der Waals surface area contributed by atoms with Crippen molar-refractivity contribution in [3.8, 4) is 0 Å². The second-order valence-corrected chi connectivity index (χ2v) is 5.92.